The number of likely N-dealkylation sites (N-methyl/N-ethyl adjacent to an activating group) is 4. The van der Waals surface area contributed by atoms with Gasteiger partial charge in [0, 0.05) is 114 Å². The van der Waals surface area contributed by atoms with Crippen molar-refractivity contribution in [3.63, 3.8) is 0 Å². The molecule has 8 aliphatic rings. The number of hydrogen-bond acceptors (Lipinski definition) is 22. The van der Waals surface area contributed by atoms with Crippen molar-refractivity contribution in [2.24, 2.45) is 23.7 Å². The van der Waals surface area contributed by atoms with Crippen LogP contribution >= 0.6 is 11.6 Å². The number of benzene rings is 4. The summed E-state index contributed by atoms with van der Waals surface area (Å²) in [6, 6.07) is 42.4. The number of urea groups is 4. The molecule has 8 aromatic heterocycles. The standard InChI is InChI=1S/C27H30N8O.C27H33N7O.C25H33N7O.C21H25ClN8O/c1-17(2)22-15-33(3)26(36)35(22)23-9-12-29-25(31-23)32-27(10-11-27)24-21(14-28)34(16-30-24)20-6-4-5-19(13-20)18-7-8-18;1-18(2)22-15-32(3)26(35)34(22)24-10-13-28-25(30-24)31-27(11-5-12-27)23-16-33(17-29-23)21-7-4-6-20(14-21)19-8-9-19;1-16(2)19-7-9-20(10-8-19)31-13-21(27-15-31)18(5)28-24-26-12-11-23(29-24)32-22(17(3)4)14-30(6)25(32)33;1-13(2)17-11-28(4)21(31)30(17)18-9-10-23-20(26-18)25-14(3)19-24-12-29(27-19)16-7-5-15(22)6-8-16/h4-6,9,12-13,16-18,22H,7-8,10-11,15H2,1-3H3,(H,29,31,32);4,6-7,10,13-14,16-19,22H,5,8-9,11-12,15H2,1-3H3,(H,28,30,31);7-13,15-18,22H,14H2,1-6H3,(H,26,28,29);5-10,12-14,17H,11H2,1-4H3,(H,23,25,26)/t2*22-;18-,22+;14-,17+/m1100/s1. The molecule has 4 saturated carbocycles. The Kier molecular flexibility index (Phi) is 26.8. The summed E-state index contributed by atoms with van der Waals surface area (Å²) in [4.78, 5) is 120. The van der Waals surface area contributed by atoms with Crippen molar-refractivity contribution in [3.05, 3.63) is 234 Å². The third-order valence-corrected chi connectivity index (χ3v) is 27.2. The van der Waals surface area contributed by atoms with Crippen LogP contribution in [0.1, 0.15) is 216 Å². The lowest BCUT2D eigenvalue weighted by molar-refractivity contribution is 0.228. The number of nitriles is 1. The van der Waals surface area contributed by atoms with Gasteiger partial charge in [0.25, 0.3) is 0 Å². The summed E-state index contributed by atoms with van der Waals surface area (Å²) in [5, 5.41) is 28.9. The van der Waals surface area contributed by atoms with E-state index >= 15 is 0 Å². The number of carbonyl (C=O) groups is 4. The molecule has 4 aliphatic carbocycles. The highest BCUT2D eigenvalue weighted by atomic mass is 35.5. The van der Waals surface area contributed by atoms with Crippen molar-refractivity contribution >= 4 is 82.8 Å². The molecule has 0 spiro atoms. The quantitative estimate of drug-likeness (QED) is 0.0371. The summed E-state index contributed by atoms with van der Waals surface area (Å²) in [5.74, 6) is 7.99. The zero-order chi connectivity index (χ0) is 95.0. The Balaban J connectivity index is 0.000000125. The van der Waals surface area contributed by atoms with Crippen molar-refractivity contribution in [2.75, 3.05) is 95.2 Å². The summed E-state index contributed by atoms with van der Waals surface area (Å²) >= 11 is 5.95. The molecule has 0 bridgehead atoms. The maximum atomic E-state index is 12.9. The van der Waals surface area contributed by atoms with Crippen LogP contribution < -0.4 is 40.9 Å². The molecule has 0 unspecified atom stereocenters. The molecule has 6 atom stereocenters. The molecule has 0 radical (unpaired) electrons. The average molecular weight is 1840 g/mol. The first-order valence-electron chi connectivity index (χ1n) is 47.0. The van der Waals surface area contributed by atoms with Gasteiger partial charge in [-0.1, -0.05) is 117 Å². The second-order valence-corrected chi connectivity index (χ2v) is 39.1. The van der Waals surface area contributed by atoms with E-state index in [0.717, 1.165) is 72.2 Å². The molecule has 702 valence electrons. The Morgan fingerprint density at radius 2 is 0.859 bits per heavy atom. The van der Waals surface area contributed by atoms with Crippen LogP contribution in [0.5, 0.6) is 0 Å². The van der Waals surface area contributed by atoms with E-state index in [9.17, 15) is 24.4 Å². The Morgan fingerprint density at radius 1 is 0.430 bits per heavy atom. The Labute approximate surface area is 793 Å². The molecular formula is C100H121ClN30O4. The van der Waals surface area contributed by atoms with Gasteiger partial charge in [0.15, 0.2) is 5.82 Å². The number of rotatable bonds is 27. The van der Waals surface area contributed by atoms with Gasteiger partial charge in [0.05, 0.1) is 77.1 Å². The van der Waals surface area contributed by atoms with Crippen molar-refractivity contribution in [2.45, 2.75) is 206 Å². The third-order valence-electron chi connectivity index (χ3n) is 27.0. The molecule has 12 heterocycles. The van der Waals surface area contributed by atoms with E-state index in [1.807, 2.05) is 99.2 Å². The van der Waals surface area contributed by atoms with Gasteiger partial charge < -0.3 is 50.0 Å². The Hall–Kier alpha value is -14.0. The second-order valence-electron chi connectivity index (χ2n) is 38.6. The van der Waals surface area contributed by atoms with Crippen LogP contribution in [-0.2, 0) is 11.1 Å². The lowest BCUT2D eigenvalue weighted by Gasteiger charge is -2.41. The van der Waals surface area contributed by atoms with E-state index in [1.165, 1.54) is 42.4 Å². The largest absolute Gasteiger partial charge is 0.346 e. The topological polar surface area (TPSA) is 353 Å². The van der Waals surface area contributed by atoms with Crippen LogP contribution in [0.2, 0.25) is 5.02 Å². The van der Waals surface area contributed by atoms with E-state index in [-0.39, 0.29) is 65.9 Å². The number of nitrogens with zero attached hydrogens (tertiary/aromatic N) is 26. The van der Waals surface area contributed by atoms with Crippen molar-refractivity contribution < 1.29 is 19.2 Å². The van der Waals surface area contributed by atoms with Crippen LogP contribution in [0.25, 0.3) is 22.7 Å². The number of imidazole rings is 3. The first kappa shape index (κ1) is 92.9. The molecule has 34 nitrogen and oxygen atoms in total. The maximum Gasteiger partial charge on any atom is 0.325 e. The minimum absolute atomic E-state index is 0.0149. The van der Waals surface area contributed by atoms with E-state index in [1.54, 1.807) is 107 Å². The van der Waals surface area contributed by atoms with Crippen LogP contribution in [0.4, 0.5) is 66.2 Å². The first-order valence-corrected chi connectivity index (χ1v) is 47.4. The summed E-state index contributed by atoms with van der Waals surface area (Å²) in [6.45, 7) is 28.0. The van der Waals surface area contributed by atoms with E-state index in [2.05, 4.69) is 219 Å². The zero-order valence-electron chi connectivity index (χ0n) is 79.7. The van der Waals surface area contributed by atoms with Crippen molar-refractivity contribution in [1.82, 2.24) is 103 Å². The SMILES string of the molecule is CC(C)[C@H]1CN(C)C(=O)N1c1ccnc(NC2(c3cn(-c4cccc(C5CC5)c4)cn3)CCC2)n1.CC(C)[C@H]1CN(C)C(=O)N1c1ccnc(NC2(c3ncn(-c4cccc(C5CC5)c4)c3C#N)CC2)n1.CC(C)[C@H]1CN(C)C(=O)N1c1ccnc(N[C@@H](C)c2ncn(-c3ccc(Cl)cc3)n2)n1.CC(C)c1ccc(-n2cnc([C@H](C)Nc3nccc(N4C(=O)N(C)C[C@@H]4C(C)C)n3)c2)cc1. The minimum atomic E-state index is -0.494. The van der Waals surface area contributed by atoms with Crippen LogP contribution in [0, 0.1) is 35.0 Å². The number of hydrogen-bond donors (Lipinski definition) is 4. The molecule has 8 amide bonds. The number of nitrogens with one attached hydrogen (secondary N) is 4. The van der Waals surface area contributed by atoms with Gasteiger partial charge in [-0.2, -0.15) is 25.2 Å². The van der Waals surface area contributed by atoms with E-state index in [4.69, 9.17) is 31.5 Å². The fourth-order valence-corrected chi connectivity index (χ4v) is 18.3. The van der Waals surface area contributed by atoms with Crippen molar-refractivity contribution in [1.29, 1.82) is 5.26 Å². The van der Waals surface area contributed by atoms with Gasteiger partial charge in [-0.05, 0) is 215 Å². The highest BCUT2D eigenvalue weighted by molar-refractivity contribution is 6.30. The molecule has 135 heavy (non-hydrogen) atoms. The third kappa shape index (κ3) is 20.0. The number of carbonyl (C=O) groups excluding carboxylic acids is 4. The second kappa shape index (κ2) is 38.9. The molecular weight excluding hydrogens is 1720 g/mol. The van der Waals surface area contributed by atoms with Gasteiger partial charge in [-0.3, -0.25) is 24.2 Å². The first-order chi connectivity index (χ1) is 64.9. The number of aromatic nitrogens is 17. The van der Waals surface area contributed by atoms with Gasteiger partial charge >= 0.3 is 24.1 Å². The van der Waals surface area contributed by atoms with Gasteiger partial charge in [-0.25, -0.2) is 63.7 Å². The molecule has 4 aromatic carbocycles. The summed E-state index contributed by atoms with van der Waals surface area (Å²) in [7, 11) is 7.30. The van der Waals surface area contributed by atoms with Gasteiger partial charge in [-0.15, -0.1) is 5.10 Å². The minimum Gasteiger partial charge on any atom is -0.346 e. The molecule has 4 N–H and O–H groups in total. The van der Waals surface area contributed by atoms with Gasteiger partial charge in [0.2, 0.25) is 23.8 Å². The maximum absolute atomic E-state index is 12.9. The zero-order valence-corrected chi connectivity index (χ0v) is 80.4. The highest BCUT2D eigenvalue weighted by Crippen LogP contribution is 2.50. The summed E-state index contributed by atoms with van der Waals surface area (Å²) in [5.41, 5.74) is 10.4. The fourth-order valence-electron chi connectivity index (χ4n) is 18.2. The molecule has 8 fully saturated rings. The predicted octanol–water partition coefficient (Wildman–Crippen LogP) is 18.0. The lowest BCUT2D eigenvalue weighted by Crippen LogP contribution is -2.43. The number of amides is 8. The Morgan fingerprint density at radius 3 is 1.30 bits per heavy atom. The molecule has 35 heteroatoms. The fraction of sp³-hybridized carbons (Fsp3) is 0.440. The monoisotopic (exact) mass is 1840 g/mol. The highest BCUT2D eigenvalue weighted by Gasteiger charge is 2.51. The van der Waals surface area contributed by atoms with Crippen molar-refractivity contribution in [3.8, 4) is 28.8 Å². The normalized spacial score (nSPS) is 19.3. The van der Waals surface area contributed by atoms with Gasteiger partial charge in [0.1, 0.15) is 53.4 Å². The Bertz CT molecular complexity index is 6280. The predicted molar refractivity (Wildman–Crippen MR) is 522 cm³/mol. The van der Waals surface area contributed by atoms with Crippen LogP contribution in [0.3, 0.4) is 0 Å². The molecule has 4 aliphatic heterocycles. The molecule has 12 aromatic rings. The summed E-state index contributed by atoms with van der Waals surface area (Å²) < 4.78 is 7.70. The lowest BCUT2D eigenvalue weighted by atomic mass is 9.74. The van der Waals surface area contributed by atoms with E-state index < -0.39 is 5.54 Å². The van der Waals surface area contributed by atoms with Crippen LogP contribution in [-0.4, -0.2) is 206 Å². The smallest absolute Gasteiger partial charge is 0.325 e. The number of halogens is 1. The number of anilines is 8. The van der Waals surface area contributed by atoms with Crippen LogP contribution in [0.15, 0.2) is 184 Å². The average Bonchev–Trinajstić information content (AvgIpc) is 1.57. The molecule has 4 saturated heterocycles. The van der Waals surface area contributed by atoms with E-state index in [0.29, 0.717) is 131 Å². The summed E-state index contributed by atoms with van der Waals surface area (Å²) in [6.07, 6.45) is 27.8. The molecule has 20 rings (SSSR count).